The molecule has 0 fully saturated rings. The Morgan fingerprint density at radius 1 is 1.00 bits per heavy atom. The topological polar surface area (TPSA) is 0 Å². The van der Waals surface area contributed by atoms with Gasteiger partial charge in [0.2, 0.25) is 0 Å². The van der Waals surface area contributed by atoms with E-state index in [4.69, 9.17) is 0 Å². The molecule has 2 heteroatoms. The summed E-state index contributed by atoms with van der Waals surface area (Å²) in [6, 6.07) is 4.56. The molecule has 15 heavy (non-hydrogen) atoms. The lowest BCUT2D eigenvalue weighted by Crippen LogP contribution is -2.10. The highest BCUT2D eigenvalue weighted by atomic mass is 79.9. The summed E-state index contributed by atoms with van der Waals surface area (Å²) in [6.45, 7) is 6.60. The largest absolute Gasteiger partial charge is 0.0925 e. The molecule has 0 saturated heterocycles. The van der Waals surface area contributed by atoms with Crippen molar-refractivity contribution in [3.8, 4) is 0 Å². The van der Waals surface area contributed by atoms with Crippen LogP contribution in [-0.2, 0) is 6.42 Å². The minimum atomic E-state index is 0.685. The lowest BCUT2D eigenvalue weighted by molar-refractivity contribution is 0.673. The van der Waals surface area contributed by atoms with Crippen molar-refractivity contribution in [3.63, 3.8) is 0 Å². The predicted octanol–water partition coefficient (Wildman–Crippen LogP) is 4.56. The number of benzene rings is 1. The molecular formula is C13H18Br2. The Morgan fingerprint density at radius 2 is 1.47 bits per heavy atom. The van der Waals surface area contributed by atoms with Gasteiger partial charge in [-0.25, -0.2) is 0 Å². The van der Waals surface area contributed by atoms with Gasteiger partial charge in [0.1, 0.15) is 0 Å². The zero-order valence-electron chi connectivity index (χ0n) is 9.61. The van der Waals surface area contributed by atoms with Crippen LogP contribution >= 0.6 is 31.9 Å². The van der Waals surface area contributed by atoms with Gasteiger partial charge in [-0.15, -0.1) is 0 Å². The maximum absolute atomic E-state index is 3.57. The van der Waals surface area contributed by atoms with Gasteiger partial charge >= 0.3 is 0 Å². The molecule has 0 saturated carbocycles. The van der Waals surface area contributed by atoms with Gasteiger partial charge in [-0.1, -0.05) is 49.6 Å². The van der Waals surface area contributed by atoms with Crippen molar-refractivity contribution < 1.29 is 0 Å². The summed E-state index contributed by atoms with van der Waals surface area (Å²) >= 11 is 7.13. The van der Waals surface area contributed by atoms with Gasteiger partial charge in [0.15, 0.2) is 0 Å². The Labute approximate surface area is 110 Å². The van der Waals surface area contributed by atoms with Gasteiger partial charge in [-0.2, -0.15) is 0 Å². The summed E-state index contributed by atoms with van der Waals surface area (Å²) in [6.07, 6.45) is 1.16. The zero-order valence-corrected chi connectivity index (χ0v) is 12.8. The van der Waals surface area contributed by atoms with Crippen molar-refractivity contribution in [1.82, 2.24) is 0 Å². The smallest absolute Gasteiger partial charge is 0.00708 e. The molecule has 0 atom stereocenters. The second kappa shape index (κ2) is 6.05. The van der Waals surface area contributed by atoms with E-state index in [0.717, 1.165) is 17.1 Å². The molecule has 0 N–H and O–H groups in total. The number of hydrogen-bond acceptors (Lipinski definition) is 0. The molecule has 0 aliphatic carbocycles. The molecule has 0 aromatic heterocycles. The highest BCUT2D eigenvalue weighted by Crippen LogP contribution is 2.21. The average Bonchev–Trinajstić information content (AvgIpc) is 2.17. The lowest BCUT2D eigenvalue weighted by atomic mass is 9.93. The molecule has 0 aliphatic heterocycles. The van der Waals surface area contributed by atoms with Crippen LogP contribution in [-0.4, -0.2) is 10.7 Å². The van der Waals surface area contributed by atoms with Crippen LogP contribution in [0.4, 0.5) is 0 Å². The Morgan fingerprint density at radius 3 is 1.87 bits per heavy atom. The Balaban J connectivity index is 2.94. The van der Waals surface area contributed by atoms with E-state index in [9.17, 15) is 0 Å². The van der Waals surface area contributed by atoms with E-state index in [2.05, 4.69) is 64.8 Å². The Hall–Kier alpha value is 0.180. The van der Waals surface area contributed by atoms with Crippen LogP contribution in [0.5, 0.6) is 0 Å². The first-order chi connectivity index (χ1) is 7.08. The van der Waals surface area contributed by atoms with E-state index in [-0.39, 0.29) is 0 Å². The molecule has 84 valence electrons. The van der Waals surface area contributed by atoms with Crippen LogP contribution in [0.2, 0.25) is 0 Å². The normalized spacial score (nSPS) is 11.1. The Kier molecular flexibility index (Phi) is 5.34. The fourth-order valence-electron chi connectivity index (χ4n) is 1.97. The maximum Gasteiger partial charge on any atom is 0.00708 e. The standard InChI is InChI=1S/C13H18Br2/c1-9-4-10(2)13(11(3)5-9)6-12(7-14)8-15/h4-5,12H,6-8H2,1-3H3. The van der Waals surface area contributed by atoms with Crippen molar-refractivity contribution >= 4 is 31.9 Å². The fourth-order valence-corrected chi connectivity index (χ4v) is 3.50. The number of rotatable bonds is 4. The highest BCUT2D eigenvalue weighted by Gasteiger charge is 2.10. The molecule has 1 rings (SSSR count). The van der Waals surface area contributed by atoms with Crippen LogP contribution in [0.3, 0.4) is 0 Å². The SMILES string of the molecule is Cc1cc(C)c(CC(CBr)CBr)c(C)c1. The van der Waals surface area contributed by atoms with Crippen LogP contribution in [0.25, 0.3) is 0 Å². The van der Waals surface area contributed by atoms with Crippen molar-refractivity contribution in [3.05, 3.63) is 34.4 Å². The molecule has 0 bridgehead atoms. The van der Waals surface area contributed by atoms with Gasteiger partial charge in [-0.05, 0) is 49.8 Å². The fraction of sp³-hybridized carbons (Fsp3) is 0.538. The third-order valence-corrected chi connectivity index (χ3v) is 4.60. The van der Waals surface area contributed by atoms with E-state index in [1.165, 1.54) is 22.3 Å². The average molecular weight is 334 g/mol. The minimum absolute atomic E-state index is 0.685. The van der Waals surface area contributed by atoms with E-state index < -0.39 is 0 Å². The Bertz CT molecular complexity index is 304. The number of halogens is 2. The van der Waals surface area contributed by atoms with E-state index >= 15 is 0 Å². The van der Waals surface area contributed by atoms with Gasteiger partial charge in [0, 0.05) is 10.7 Å². The van der Waals surface area contributed by atoms with Crippen molar-refractivity contribution in [2.75, 3.05) is 10.7 Å². The second-order valence-electron chi connectivity index (χ2n) is 4.26. The van der Waals surface area contributed by atoms with Gasteiger partial charge in [0.25, 0.3) is 0 Å². The van der Waals surface area contributed by atoms with Gasteiger partial charge < -0.3 is 0 Å². The summed E-state index contributed by atoms with van der Waals surface area (Å²) in [5.74, 6) is 0.685. The van der Waals surface area contributed by atoms with Crippen molar-refractivity contribution in [2.24, 2.45) is 5.92 Å². The second-order valence-corrected chi connectivity index (χ2v) is 5.55. The monoisotopic (exact) mass is 332 g/mol. The van der Waals surface area contributed by atoms with Crippen molar-refractivity contribution in [1.29, 1.82) is 0 Å². The third kappa shape index (κ3) is 3.60. The van der Waals surface area contributed by atoms with E-state index in [1.807, 2.05) is 0 Å². The first-order valence-corrected chi connectivity index (χ1v) is 7.51. The maximum atomic E-state index is 3.57. The first-order valence-electron chi connectivity index (χ1n) is 5.27. The summed E-state index contributed by atoms with van der Waals surface area (Å²) < 4.78 is 0. The molecule has 0 spiro atoms. The van der Waals surface area contributed by atoms with E-state index in [1.54, 1.807) is 0 Å². The molecular weight excluding hydrogens is 316 g/mol. The predicted molar refractivity (Wildman–Crippen MR) is 75.4 cm³/mol. The summed E-state index contributed by atoms with van der Waals surface area (Å²) in [7, 11) is 0. The zero-order chi connectivity index (χ0) is 11.4. The number of hydrogen-bond donors (Lipinski definition) is 0. The number of aryl methyl sites for hydroxylation is 3. The molecule has 0 radical (unpaired) electrons. The third-order valence-electron chi connectivity index (χ3n) is 2.77. The highest BCUT2D eigenvalue weighted by molar-refractivity contribution is 9.09. The van der Waals surface area contributed by atoms with Crippen LogP contribution in [0, 0.1) is 26.7 Å². The molecule has 0 amide bonds. The molecule has 1 aromatic carbocycles. The molecule has 0 nitrogen and oxygen atoms in total. The molecule has 0 heterocycles. The lowest BCUT2D eigenvalue weighted by Gasteiger charge is -2.16. The first kappa shape index (κ1) is 13.2. The molecule has 0 aliphatic rings. The van der Waals surface area contributed by atoms with E-state index in [0.29, 0.717) is 5.92 Å². The number of alkyl halides is 2. The van der Waals surface area contributed by atoms with Crippen LogP contribution < -0.4 is 0 Å². The summed E-state index contributed by atoms with van der Waals surface area (Å²) in [4.78, 5) is 0. The van der Waals surface area contributed by atoms with Crippen LogP contribution in [0.15, 0.2) is 12.1 Å². The summed E-state index contributed by atoms with van der Waals surface area (Å²) in [5, 5.41) is 2.12. The quantitative estimate of drug-likeness (QED) is 0.708. The van der Waals surface area contributed by atoms with Gasteiger partial charge in [-0.3, -0.25) is 0 Å². The molecule has 0 unspecified atom stereocenters. The summed E-state index contributed by atoms with van der Waals surface area (Å²) in [5.41, 5.74) is 5.74. The van der Waals surface area contributed by atoms with Crippen molar-refractivity contribution in [2.45, 2.75) is 27.2 Å². The minimum Gasteiger partial charge on any atom is -0.0925 e. The van der Waals surface area contributed by atoms with Crippen LogP contribution in [0.1, 0.15) is 22.3 Å². The molecule has 1 aromatic rings. The van der Waals surface area contributed by atoms with Gasteiger partial charge in [0.05, 0.1) is 0 Å².